The number of amides is 1. The molecule has 1 aromatic carbocycles. The Labute approximate surface area is 153 Å². The topological polar surface area (TPSA) is 76.2 Å². The van der Waals surface area contributed by atoms with E-state index in [4.69, 9.17) is 9.47 Å². The van der Waals surface area contributed by atoms with Crippen LogP contribution in [0.25, 0.3) is 11.4 Å². The van der Waals surface area contributed by atoms with Gasteiger partial charge >= 0.3 is 0 Å². The molecule has 1 aliphatic heterocycles. The molecule has 0 bridgehead atoms. The molecule has 2 fully saturated rings. The number of rotatable bonds is 6. The SMILES string of the molecule is Cc1[nH]c(-c2ccccc2)nc1C(=O)N[C@@H]1COCC[C@@H]1OCC1CC1. The second kappa shape index (κ2) is 7.60. The highest BCUT2D eigenvalue weighted by atomic mass is 16.5. The molecular formula is C20H25N3O3. The molecule has 1 aromatic heterocycles. The summed E-state index contributed by atoms with van der Waals surface area (Å²) < 4.78 is 11.6. The van der Waals surface area contributed by atoms with Crippen molar-refractivity contribution in [3.63, 3.8) is 0 Å². The molecule has 1 saturated heterocycles. The standard InChI is InChI=1S/C20H25N3O3/c1-13-18(23-19(21-13)15-5-3-2-4-6-15)20(24)22-16-12-25-10-9-17(16)26-11-14-7-8-14/h2-6,14,16-17H,7-12H2,1H3,(H,21,23)(H,22,24)/t16-,17+/m1/s1. The smallest absolute Gasteiger partial charge is 0.272 e. The number of imidazole rings is 1. The van der Waals surface area contributed by atoms with Crippen molar-refractivity contribution >= 4 is 5.91 Å². The number of ether oxygens (including phenoxy) is 2. The molecule has 0 spiro atoms. The fraction of sp³-hybridized carbons (Fsp3) is 0.500. The number of aryl methyl sites for hydroxylation is 1. The number of hydrogen-bond acceptors (Lipinski definition) is 4. The predicted molar refractivity (Wildman–Crippen MR) is 97.9 cm³/mol. The molecule has 2 aromatic rings. The molecule has 4 rings (SSSR count). The Bertz CT molecular complexity index is 755. The van der Waals surface area contributed by atoms with Gasteiger partial charge in [-0.1, -0.05) is 30.3 Å². The molecular weight excluding hydrogens is 330 g/mol. The minimum atomic E-state index is -0.184. The lowest BCUT2D eigenvalue weighted by Gasteiger charge is -2.32. The number of H-pyrrole nitrogens is 1. The van der Waals surface area contributed by atoms with Gasteiger partial charge in [0.15, 0.2) is 0 Å². The molecule has 2 N–H and O–H groups in total. The predicted octanol–water partition coefficient (Wildman–Crippen LogP) is 2.70. The number of carbonyl (C=O) groups excluding carboxylic acids is 1. The van der Waals surface area contributed by atoms with E-state index >= 15 is 0 Å². The van der Waals surface area contributed by atoms with Crippen LogP contribution < -0.4 is 5.32 Å². The summed E-state index contributed by atoms with van der Waals surface area (Å²) in [5, 5.41) is 3.06. The van der Waals surface area contributed by atoms with Gasteiger partial charge in [0.05, 0.1) is 18.8 Å². The zero-order chi connectivity index (χ0) is 17.9. The average Bonchev–Trinajstić information content (AvgIpc) is 3.41. The van der Waals surface area contributed by atoms with E-state index in [9.17, 15) is 4.79 Å². The van der Waals surface area contributed by atoms with Crippen molar-refractivity contribution in [2.45, 2.75) is 38.3 Å². The van der Waals surface area contributed by atoms with Crippen LogP contribution in [0.1, 0.15) is 35.4 Å². The fourth-order valence-electron chi connectivity index (χ4n) is 3.25. The van der Waals surface area contributed by atoms with Crippen molar-refractivity contribution in [2.24, 2.45) is 5.92 Å². The van der Waals surface area contributed by atoms with Crippen molar-refractivity contribution < 1.29 is 14.3 Å². The summed E-state index contributed by atoms with van der Waals surface area (Å²) in [6.07, 6.45) is 3.34. The third-order valence-corrected chi connectivity index (χ3v) is 5.00. The molecule has 138 valence electrons. The summed E-state index contributed by atoms with van der Waals surface area (Å²) in [6, 6.07) is 9.67. The third kappa shape index (κ3) is 3.97. The minimum absolute atomic E-state index is 0.0149. The van der Waals surface area contributed by atoms with Gasteiger partial charge in [-0.05, 0) is 32.1 Å². The second-order valence-electron chi connectivity index (χ2n) is 7.18. The maximum atomic E-state index is 12.8. The fourth-order valence-corrected chi connectivity index (χ4v) is 3.25. The molecule has 1 aliphatic carbocycles. The molecule has 2 atom stereocenters. The molecule has 0 unspecified atom stereocenters. The maximum Gasteiger partial charge on any atom is 0.272 e. The van der Waals surface area contributed by atoms with E-state index in [-0.39, 0.29) is 18.1 Å². The quantitative estimate of drug-likeness (QED) is 0.835. The molecule has 2 heterocycles. The van der Waals surface area contributed by atoms with Gasteiger partial charge < -0.3 is 19.8 Å². The number of nitrogens with zero attached hydrogens (tertiary/aromatic N) is 1. The average molecular weight is 355 g/mol. The molecule has 1 amide bonds. The van der Waals surface area contributed by atoms with Gasteiger partial charge in [-0.15, -0.1) is 0 Å². The first kappa shape index (κ1) is 17.2. The molecule has 2 aliphatic rings. The van der Waals surface area contributed by atoms with Gasteiger partial charge in [0.25, 0.3) is 5.91 Å². The zero-order valence-corrected chi connectivity index (χ0v) is 15.0. The number of hydrogen-bond donors (Lipinski definition) is 2. The van der Waals surface area contributed by atoms with E-state index in [1.165, 1.54) is 12.8 Å². The summed E-state index contributed by atoms with van der Waals surface area (Å²) in [5.41, 5.74) is 2.14. The van der Waals surface area contributed by atoms with Crippen molar-refractivity contribution in [1.82, 2.24) is 15.3 Å². The van der Waals surface area contributed by atoms with Gasteiger partial charge in [-0.2, -0.15) is 0 Å². The van der Waals surface area contributed by atoms with Gasteiger partial charge in [0, 0.05) is 24.5 Å². The van der Waals surface area contributed by atoms with Crippen LogP contribution in [0.15, 0.2) is 30.3 Å². The number of benzene rings is 1. The molecule has 6 nitrogen and oxygen atoms in total. The summed E-state index contributed by atoms with van der Waals surface area (Å²) in [4.78, 5) is 20.5. The molecule has 1 saturated carbocycles. The Morgan fingerprint density at radius 3 is 2.88 bits per heavy atom. The van der Waals surface area contributed by atoms with Crippen LogP contribution in [0, 0.1) is 12.8 Å². The molecule has 26 heavy (non-hydrogen) atoms. The van der Waals surface area contributed by atoms with E-state index in [0.29, 0.717) is 30.7 Å². The van der Waals surface area contributed by atoms with E-state index < -0.39 is 0 Å². The van der Waals surface area contributed by atoms with E-state index in [1.807, 2.05) is 37.3 Å². The lowest BCUT2D eigenvalue weighted by molar-refractivity contribution is -0.0567. The minimum Gasteiger partial charge on any atom is -0.379 e. The van der Waals surface area contributed by atoms with Crippen LogP contribution in [0.4, 0.5) is 0 Å². The highest BCUT2D eigenvalue weighted by Gasteiger charge is 2.31. The maximum absolute atomic E-state index is 12.8. The van der Waals surface area contributed by atoms with E-state index in [1.54, 1.807) is 0 Å². The first-order valence-corrected chi connectivity index (χ1v) is 9.33. The van der Waals surface area contributed by atoms with Crippen molar-refractivity contribution in [1.29, 1.82) is 0 Å². The Balaban J connectivity index is 1.44. The third-order valence-electron chi connectivity index (χ3n) is 5.00. The van der Waals surface area contributed by atoms with Crippen LogP contribution in [0.3, 0.4) is 0 Å². The van der Waals surface area contributed by atoms with Crippen LogP contribution in [-0.2, 0) is 9.47 Å². The summed E-state index contributed by atoms with van der Waals surface area (Å²) in [7, 11) is 0. The summed E-state index contributed by atoms with van der Waals surface area (Å²) >= 11 is 0. The highest BCUT2D eigenvalue weighted by Crippen LogP contribution is 2.30. The van der Waals surface area contributed by atoms with E-state index in [2.05, 4.69) is 15.3 Å². The highest BCUT2D eigenvalue weighted by molar-refractivity contribution is 5.94. The van der Waals surface area contributed by atoms with Gasteiger partial charge in [0.1, 0.15) is 11.5 Å². The molecule has 6 heteroatoms. The van der Waals surface area contributed by atoms with Crippen LogP contribution >= 0.6 is 0 Å². The zero-order valence-electron chi connectivity index (χ0n) is 15.0. The Kier molecular flexibility index (Phi) is 5.04. The number of aromatic nitrogens is 2. The Morgan fingerprint density at radius 1 is 1.31 bits per heavy atom. The Hall–Kier alpha value is -2.18. The van der Waals surface area contributed by atoms with Crippen LogP contribution in [0.2, 0.25) is 0 Å². The molecule has 0 radical (unpaired) electrons. The Morgan fingerprint density at radius 2 is 2.12 bits per heavy atom. The van der Waals surface area contributed by atoms with Gasteiger partial charge in [0.2, 0.25) is 0 Å². The second-order valence-corrected chi connectivity index (χ2v) is 7.18. The van der Waals surface area contributed by atoms with Crippen LogP contribution in [0.5, 0.6) is 0 Å². The van der Waals surface area contributed by atoms with Crippen LogP contribution in [-0.4, -0.2) is 47.8 Å². The lowest BCUT2D eigenvalue weighted by Crippen LogP contribution is -2.50. The van der Waals surface area contributed by atoms with Gasteiger partial charge in [-0.3, -0.25) is 4.79 Å². The number of nitrogens with one attached hydrogen (secondary N) is 2. The lowest BCUT2D eigenvalue weighted by atomic mass is 10.1. The monoisotopic (exact) mass is 355 g/mol. The first-order valence-electron chi connectivity index (χ1n) is 9.33. The summed E-state index contributed by atoms with van der Waals surface area (Å²) in [6.45, 7) is 3.82. The largest absolute Gasteiger partial charge is 0.379 e. The first-order chi connectivity index (χ1) is 12.7. The van der Waals surface area contributed by atoms with E-state index in [0.717, 1.165) is 24.3 Å². The number of carbonyl (C=O) groups is 1. The number of aromatic amines is 1. The van der Waals surface area contributed by atoms with Crippen molar-refractivity contribution in [2.75, 3.05) is 19.8 Å². The summed E-state index contributed by atoms with van der Waals surface area (Å²) in [5.74, 6) is 1.22. The van der Waals surface area contributed by atoms with Crippen molar-refractivity contribution in [3.8, 4) is 11.4 Å². The van der Waals surface area contributed by atoms with Crippen molar-refractivity contribution in [3.05, 3.63) is 41.7 Å². The van der Waals surface area contributed by atoms with Gasteiger partial charge in [-0.25, -0.2) is 4.98 Å². The normalized spacial score (nSPS) is 23.0.